The van der Waals surface area contributed by atoms with Crippen LogP contribution in [0.2, 0.25) is 0 Å². The third-order valence-electron chi connectivity index (χ3n) is 5.67. The topological polar surface area (TPSA) is 126 Å². The van der Waals surface area contributed by atoms with Crippen LogP contribution in [0.4, 0.5) is 0 Å². The molecule has 0 fully saturated rings. The number of nitrogens with zero attached hydrogens (tertiary/aromatic N) is 10. The molecular formula is C28H24N10S2. The lowest BCUT2D eigenvalue weighted by atomic mass is 10.3. The monoisotopic (exact) mass is 564 g/mol. The first-order chi connectivity index (χ1) is 19.8. The molecule has 2 aliphatic heterocycles. The van der Waals surface area contributed by atoms with E-state index in [4.69, 9.17) is 17.5 Å². The fourth-order valence-electron chi connectivity index (χ4n) is 3.76. The molecule has 0 saturated heterocycles. The van der Waals surface area contributed by atoms with Gasteiger partial charge >= 0.3 is 0 Å². The van der Waals surface area contributed by atoms with E-state index in [1.165, 1.54) is 0 Å². The van der Waals surface area contributed by atoms with Crippen molar-refractivity contribution in [2.24, 2.45) is 27.5 Å². The fraction of sp³-hybridized carbons (Fsp3) is 0.143. The highest BCUT2D eigenvalue weighted by Crippen LogP contribution is 2.16. The predicted molar refractivity (Wildman–Crippen MR) is 162 cm³/mol. The van der Waals surface area contributed by atoms with Crippen LogP contribution in [0.25, 0.3) is 0 Å². The maximum Gasteiger partial charge on any atom is 0.188 e. The second-order valence-electron chi connectivity index (χ2n) is 8.54. The van der Waals surface area contributed by atoms with Crippen molar-refractivity contribution in [3.8, 4) is 0 Å². The van der Waals surface area contributed by atoms with Crippen LogP contribution in [0.1, 0.15) is 35.6 Å². The van der Waals surface area contributed by atoms with E-state index >= 15 is 0 Å². The second kappa shape index (κ2) is 12.6. The minimum atomic E-state index is -0.590. The lowest BCUT2D eigenvalue weighted by molar-refractivity contribution is 0.902. The Hall–Kier alpha value is -4.42. The molecule has 4 aromatic heterocycles. The highest BCUT2D eigenvalue weighted by molar-refractivity contribution is 7.87. The van der Waals surface area contributed by atoms with Gasteiger partial charge in [0.25, 0.3) is 0 Å². The predicted octanol–water partition coefficient (Wildman–Crippen LogP) is 4.59. The standard InChI is InChI=1S/C28H24N10S2/c1-5-15-29-21(11-1)25-33-26(22-12-2-6-16-30-22)36-39(35-25)19-9-10-20-40-37-27(23-13-3-7-17-31-23)34-28(38-40)24-14-4-8-18-32-24/h1-8,11-18H,9-10,19-20H2. The van der Waals surface area contributed by atoms with Gasteiger partial charge in [-0.25, -0.2) is 9.98 Å². The minimum absolute atomic E-state index is 0.588. The van der Waals surface area contributed by atoms with Crippen molar-refractivity contribution < 1.29 is 0 Å². The van der Waals surface area contributed by atoms with Crippen LogP contribution in [-0.2, 0) is 21.8 Å². The zero-order chi connectivity index (χ0) is 27.0. The van der Waals surface area contributed by atoms with Crippen LogP contribution in [0.3, 0.4) is 0 Å². The first kappa shape index (κ1) is 25.8. The Morgan fingerprint density at radius 3 is 1.10 bits per heavy atom. The molecule has 0 spiro atoms. The summed E-state index contributed by atoms with van der Waals surface area (Å²) < 4.78 is 19.3. The van der Waals surface area contributed by atoms with Gasteiger partial charge in [-0.15, -0.1) is 0 Å². The van der Waals surface area contributed by atoms with Crippen molar-refractivity contribution in [2.45, 2.75) is 12.8 Å². The quantitative estimate of drug-likeness (QED) is 0.276. The van der Waals surface area contributed by atoms with Crippen LogP contribution in [0, 0.1) is 0 Å². The normalized spacial score (nSPS) is 18.4. The van der Waals surface area contributed by atoms with E-state index in [-0.39, 0.29) is 0 Å². The van der Waals surface area contributed by atoms with Crippen molar-refractivity contribution >= 4 is 45.1 Å². The van der Waals surface area contributed by atoms with Gasteiger partial charge in [0.15, 0.2) is 23.3 Å². The molecule has 0 bridgehead atoms. The van der Waals surface area contributed by atoms with Crippen LogP contribution in [0.5, 0.6) is 0 Å². The highest BCUT2D eigenvalue weighted by Gasteiger charge is 2.18. The first-order valence-electron chi connectivity index (χ1n) is 12.7. The zero-order valence-electron chi connectivity index (χ0n) is 21.4. The third kappa shape index (κ3) is 6.41. The summed E-state index contributed by atoms with van der Waals surface area (Å²) >= 11 is 0. The molecule has 2 unspecified atom stereocenters. The van der Waals surface area contributed by atoms with Gasteiger partial charge in [-0.3, -0.25) is 19.9 Å². The Bertz CT molecular complexity index is 1460. The molecule has 2 aliphatic rings. The molecule has 4 aromatic rings. The van der Waals surface area contributed by atoms with Gasteiger partial charge in [0.2, 0.25) is 0 Å². The number of hydrogen-bond acceptors (Lipinski definition) is 10. The average molecular weight is 565 g/mol. The number of aliphatic imine (C=N–C) groups is 2. The van der Waals surface area contributed by atoms with E-state index in [2.05, 4.69) is 29.9 Å². The maximum atomic E-state index is 4.83. The van der Waals surface area contributed by atoms with Crippen molar-refractivity contribution in [3.63, 3.8) is 0 Å². The zero-order valence-corrected chi connectivity index (χ0v) is 23.0. The SMILES string of the molecule is c1ccc(C2=NC(c3ccccn3)=NS(CCCCS3=NC(c4ccccn4)=NC(c4ccccn4)=N3)=N2)nc1. The van der Waals surface area contributed by atoms with Gasteiger partial charge in [-0.1, -0.05) is 24.3 Å². The molecule has 2 atom stereocenters. The highest BCUT2D eigenvalue weighted by atomic mass is 32.2. The van der Waals surface area contributed by atoms with E-state index in [1.54, 1.807) is 24.8 Å². The van der Waals surface area contributed by atoms with Crippen LogP contribution in [0.15, 0.2) is 125 Å². The lowest BCUT2D eigenvalue weighted by Crippen LogP contribution is -2.16. The summed E-state index contributed by atoms with van der Waals surface area (Å²) in [6, 6.07) is 22.9. The molecule has 12 heteroatoms. The van der Waals surface area contributed by atoms with Gasteiger partial charge in [-0.2, -0.15) is 17.5 Å². The summed E-state index contributed by atoms with van der Waals surface area (Å²) in [5.74, 6) is 3.93. The van der Waals surface area contributed by atoms with Crippen molar-refractivity contribution in [1.29, 1.82) is 0 Å². The summed E-state index contributed by atoms with van der Waals surface area (Å²) in [7, 11) is -1.18. The molecule has 10 nitrogen and oxygen atoms in total. The van der Waals surface area contributed by atoms with Crippen LogP contribution >= 0.6 is 0 Å². The number of aromatic nitrogens is 4. The van der Waals surface area contributed by atoms with E-state index in [9.17, 15) is 0 Å². The molecule has 198 valence electrons. The number of hydrogen-bond donors (Lipinski definition) is 0. The third-order valence-corrected chi connectivity index (χ3v) is 8.51. The van der Waals surface area contributed by atoms with E-state index in [1.807, 2.05) is 72.8 Å². The number of pyridine rings is 4. The van der Waals surface area contributed by atoms with Gasteiger partial charge in [0.1, 0.15) is 22.8 Å². The maximum absolute atomic E-state index is 4.83. The van der Waals surface area contributed by atoms with Crippen LogP contribution in [-0.4, -0.2) is 54.8 Å². The number of unbranched alkanes of at least 4 members (excludes halogenated alkanes) is 1. The Kier molecular flexibility index (Phi) is 8.15. The Balaban J connectivity index is 1.18. The average Bonchev–Trinajstić information content (AvgIpc) is 3.04. The second-order valence-corrected chi connectivity index (χ2v) is 11.4. The van der Waals surface area contributed by atoms with Crippen LogP contribution < -0.4 is 0 Å². The molecule has 6 heterocycles. The molecule has 40 heavy (non-hydrogen) atoms. The smallest absolute Gasteiger partial charge is 0.188 e. The molecule has 6 rings (SSSR count). The fourth-order valence-corrected chi connectivity index (χ4v) is 6.47. The van der Waals surface area contributed by atoms with Crippen molar-refractivity contribution in [2.75, 3.05) is 11.5 Å². The van der Waals surface area contributed by atoms with E-state index in [0.717, 1.165) is 47.1 Å². The largest absolute Gasteiger partial charge is 0.253 e. The van der Waals surface area contributed by atoms with Gasteiger partial charge in [0.05, 0.1) is 0 Å². The van der Waals surface area contributed by atoms with Crippen molar-refractivity contribution in [3.05, 3.63) is 120 Å². The van der Waals surface area contributed by atoms with Crippen molar-refractivity contribution in [1.82, 2.24) is 19.9 Å². The molecule has 0 aromatic carbocycles. The van der Waals surface area contributed by atoms with E-state index in [0.29, 0.717) is 23.3 Å². The minimum Gasteiger partial charge on any atom is -0.253 e. The Labute approximate surface area is 236 Å². The first-order valence-corrected chi connectivity index (χ1v) is 15.3. The van der Waals surface area contributed by atoms with Gasteiger partial charge in [-0.05, 0) is 61.4 Å². The molecule has 0 N–H and O–H groups in total. The Morgan fingerprint density at radius 1 is 0.425 bits per heavy atom. The molecule has 0 amide bonds. The molecule has 0 radical (unpaired) electrons. The molecular weight excluding hydrogens is 541 g/mol. The van der Waals surface area contributed by atoms with E-state index < -0.39 is 21.8 Å². The summed E-state index contributed by atoms with van der Waals surface area (Å²) in [4.78, 5) is 27.1. The molecule has 0 saturated carbocycles. The summed E-state index contributed by atoms with van der Waals surface area (Å²) in [6.07, 6.45) is 8.79. The van der Waals surface area contributed by atoms with Gasteiger partial charge < -0.3 is 0 Å². The van der Waals surface area contributed by atoms with Gasteiger partial charge in [0, 0.05) is 58.0 Å². The molecule has 0 aliphatic carbocycles. The summed E-state index contributed by atoms with van der Waals surface area (Å²) in [6.45, 7) is 0. The number of rotatable bonds is 9. The summed E-state index contributed by atoms with van der Waals surface area (Å²) in [5, 5.41) is 0. The number of amidine groups is 4. The Morgan fingerprint density at radius 2 is 0.775 bits per heavy atom. The lowest BCUT2D eigenvalue weighted by Gasteiger charge is -2.13. The summed E-state index contributed by atoms with van der Waals surface area (Å²) in [5.41, 5.74) is 2.90.